The minimum absolute atomic E-state index is 0. The van der Waals surface area contributed by atoms with Crippen LogP contribution in [-0.4, -0.2) is 16.2 Å². The van der Waals surface area contributed by atoms with Gasteiger partial charge in [-0.1, -0.05) is 85.2 Å². The quantitative estimate of drug-likeness (QED) is 0.276. The number of nitrogens with zero attached hydrogens (tertiary/aromatic N) is 3. The van der Waals surface area contributed by atoms with Crippen molar-refractivity contribution in [1.82, 2.24) is 9.97 Å². The second-order valence-corrected chi connectivity index (χ2v) is 10.9. The summed E-state index contributed by atoms with van der Waals surface area (Å²) in [5.41, 5.74) is 4.53. The number of hydrogen-bond acceptors (Lipinski definition) is 5. The van der Waals surface area contributed by atoms with Gasteiger partial charge in [0.25, 0.3) is 0 Å². The molecule has 1 aromatic heterocycles. The second-order valence-electron chi connectivity index (χ2n) is 10.5. The molecule has 0 atom stereocenters. The molecule has 196 valence electrons. The Morgan fingerprint density at radius 3 is 1.94 bits per heavy atom. The van der Waals surface area contributed by atoms with E-state index in [4.69, 9.17) is 11.6 Å². The second kappa shape index (κ2) is 13.2. The monoisotopic (exact) mass is 551 g/mol. The first-order chi connectivity index (χ1) is 16.3. The number of halogens is 1. The number of benzene rings is 2. The number of para-hydroxylation sites is 1. The van der Waals surface area contributed by atoms with E-state index >= 15 is 0 Å². The van der Waals surface area contributed by atoms with E-state index in [-0.39, 0.29) is 21.9 Å². The Labute approximate surface area is 231 Å². The molecular weight excluding hydrogens is 516 g/mol. The Balaban J connectivity index is 0.000000351. The molecule has 0 aliphatic rings. The molecule has 0 spiro atoms. The first kappa shape index (κ1) is 31.6. The van der Waals surface area contributed by atoms with Crippen LogP contribution in [0.5, 0.6) is 11.5 Å². The fraction of sp³-hybridized carbons (Fsp3) is 0.414. The molecule has 0 aliphatic heterocycles. The molecule has 0 fully saturated rings. The summed E-state index contributed by atoms with van der Waals surface area (Å²) >= 11 is 6.16. The van der Waals surface area contributed by atoms with Gasteiger partial charge in [0.1, 0.15) is 0 Å². The average Bonchev–Trinajstić information content (AvgIpc) is 2.79. The van der Waals surface area contributed by atoms with Crippen LogP contribution >= 0.6 is 11.6 Å². The molecule has 0 unspecified atom stereocenters. The van der Waals surface area contributed by atoms with Crippen molar-refractivity contribution in [3.05, 3.63) is 75.8 Å². The van der Waals surface area contributed by atoms with Gasteiger partial charge >= 0.3 is 16.5 Å². The van der Waals surface area contributed by atoms with Crippen molar-refractivity contribution in [3.8, 4) is 11.5 Å². The van der Waals surface area contributed by atoms with E-state index < -0.39 is 16.9 Å². The largest absolute Gasteiger partial charge is 2.00 e. The Morgan fingerprint density at radius 1 is 0.917 bits per heavy atom. The molecule has 0 saturated heterocycles. The van der Waals surface area contributed by atoms with Crippen molar-refractivity contribution in [2.45, 2.75) is 79.1 Å². The molecule has 5 nitrogen and oxygen atoms in total. The molecule has 0 saturated carbocycles. The van der Waals surface area contributed by atoms with Crippen molar-refractivity contribution in [3.63, 3.8) is 0 Å². The van der Waals surface area contributed by atoms with Crippen molar-refractivity contribution >= 4 is 23.5 Å². The van der Waals surface area contributed by atoms with Gasteiger partial charge in [-0.25, -0.2) is 0 Å². The van der Waals surface area contributed by atoms with Crippen molar-refractivity contribution < 1.29 is 26.7 Å². The average molecular weight is 553 g/mol. The van der Waals surface area contributed by atoms with Gasteiger partial charge in [0, 0.05) is 17.4 Å². The maximum absolute atomic E-state index is 12.1. The van der Waals surface area contributed by atoms with Crippen LogP contribution in [0.15, 0.2) is 47.8 Å². The Morgan fingerprint density at radius 2 is 1.50 bits per heavy atom. The van der Waals surface area contributed by atoms with Crippen LogP contribution in [0.1, 0.15) is 83.3 Å². The van der Waals surface area contributed by atoms with Gasteiger partial charge in [0.2, 0.25) is 0 Å². The summed E-state index contributed by atoms with van der Waals surface area (Å²) in [5.74, 6) is -0.887. The smallest absolute Gasteiger partial charge is 0.873 e. The molecule has 3 rings (SSSR count). The van der Waals surface area contributed by atoms with Crippen LogP contribution in [0, 0.1) is 0 Å². The molecular formula is C29H36ClN3NiO2. The first-order valence-electron chi connectivity index (χ1n) is 11.9. The number of aromatic nitrogens is 2. The van der Waals surface area contributed by atoms with Crippen LogP contribution < -0.4 is 10.2 Å². The topological polar surface area (TPSA) is 84.3 Å². The third-order valence-corrected chi connectivity index (χ3v) is 5.92. The van der Waals surface area contributed by atoms with Crippen molar-refractivity contribution in [2.24, 2.45) is 4.99 Å². The normalized spacial score (nSPS) is 11.6. The number of hydrogen-bond donors (Lipinski definition) is 0. The number of aryl methyl sites for hydroxylation is 2. The predicted octanol–water partition coefficient (Wildman–Crippen LogP) is 6.43. The van der Waals surface area contributed by atoms with Crippen LogP contribution in [0.3, 0.4) is 0 Å². The molecule has 7 heteroatoms. The predicted molar refractivity (Wildman–Crippen MR) is 142 cm³/mol. The first-order valence-corrected chi connectivity index (χ1v) is 12.3. The third kappa shape index (κ3) is 8.04. The summed E-state index contributed by atoms with van der Waals surface area (Å²) in [4.78, 5) is 12.8. The third-order valence-electron chi connectivity index (χ3n) is 5.62. The minimum atomic E-state index is -0.463. The number of aliphatic imine (C=N–C) groups is 1. The maximum atomic E-state index is 12.1. The maximum Gasteiger partial charge on any atom is 2.00 e. The summed E-state index contributed by atoms with van der Waals surface area (Å²) < 4.78 is 0. The van der Waals surface area contributed by atoms with Crippen molar-refractivity contribution in [2.75, 3.05) is 0 Å². The van der Waals surface area contributed by atoms with Crippen LogP contribution in [0.2, 0.25) is 5.02 Å². The zero-order chi connectivity index (χ0) is 26.4. The number of rotatable bonds is 4. The van der Waals surface area contributed by atoms with Crippen LogP contribution in [-0.2, 0) is 40.2 Å². The zero-order valence-corrected chi connectivity index (χ0v) is 24.1. The van der Waals surface area contributed by atoms with E-state index in [9.17, 15) is 10.2 Å². The van der Waals surface area contributed by atoms with E-state index in [0.29, 0.717) is 16.1 Å². The summed E-state index contributed by atoms with van der Waals surface area (Å²) in [6.45, 7) is 15.6. The van der Waals surface area contributed by atoms with E-state index in [2.05, 4.69) is 47.0 Å². The van der Waals surface area contributed by atoms with Gasteiger partial charge in [0.05, 0.1) is 23.8 Å². The van der Waals surface area contributed by atoms with E-state index in [1.807, 2.05) is 41.5 Å². The Kier molecular flexibility index (Phi) is 11.6. The summed E-state index contributed by atoms with van der Waals surface area (Å²) in [7, 11) is 0. The van der Waals surface area contributed by atoms with Crippen LogP contribution in [0.4, 0.5) is 5.69 Å². The molecule has 0 radical (unpaired) electrons. The van der Waals surface area contributed by atoms with Gasteiger partial charge in [-0.15, -0.1) is 11.5 Å². The Bertz CT molecular complexity index is 1150. The van der Waals surface area contributed by atoms with Gasteiger partial charge in [-0.3, -0.25) is 15.0 Å². The Hall–Kier alpha value is -2.43. The standard InChI is InChI=1S/C15H17N3.C14H21ClO2.Ni/c1-3-12-6-5-7-13(4-2)15(12)18-11-14-10-16-8-9-17-14;1-13(2,3)8-7-9(15)10(14(4,5)6)12(17)11(8)16;/h5-11H,3-4H2,1-2H3;7,16-17H,1-6H3;/q;;+2/p-2. The SMILES string of the molecule is CC(C)(C)c1cc(Cl)c(C(C)(C)C)c([O-])c1[O-].CCc1cccc(CC)c1N=Cc1cnccn1.[Ni+2]. The van der Waals surface area contributed by atoms with Gasteiger partial charge in [-0.05, 0) is 52.0 Å². The summed E-state index contributed by atoms with van der Waals surface area (Å²) in [6.07, 6.45) is 8.80. The molecule has 0 amide bonds. The summed E-state index contributed by atoms with van der Waals surface area (Å²) in [6, 6.07) is 8.00. The van der Waals surface area contributed by atoms with Gasteiger partial charge in [-0.2, -0.15) is 0 Å². The molecule has 0 N–H and O–H groups in total. The molecule has 0 bridgehead atoms. The fourth-order valence-electron chi connectivity index (χ4n) is 3.75. The molecule has 0 aliphatic carbocycles. The zero-order valence-electron chi connectivity index (χ0n) is 22.4. The van der Waals surface area contributed by atoms with E-state index in [0.717, 1.165) is 24.2 Å². The van der Waals surface area contributed by atoms with E-state index in [1.165, 1.54) is 11.1 Å². The van der Waals surface area contributed by atoms with E-state index in [1.54, 1.807) is 30.9 Å². The molecule has 2 aromatic carbocycles. The van der Waals surface area contributed by atoms with Crippen molar-refractivity contribution in [1.29, 1.82) is 0 Å². The van der Waals surface area contributed by atoms with Gasteiger partial charge in [0.15, 0.2) is 0 Å². The van der Waals surface area contributed by atoms with Gasteiger partial charge < -0.3 is 10.2 Å². The van der Waals surface area contributed by atoms with Crippen LogP contribution in [0.25, 0.3) is 0 Å². The summed E-state index contributed by atoms with van der Waals surface area (Å²) in [5, 5.41) is 24.6. The fourth-order valence-corrected chi connectivity index (χ4v) is 4.23. The molecule has 1 heterocycles. The molecule has 3 aromatic rings. The molecule has 36 heavy (non-hydrogen) atoms. The minimum Gasteiger partial charge on any atom is -0.873 e.